The number of nitrogens with zero attached hydrogens (tertiary/aromatic N) is 4. The van der Waals surface area contributed by atoms with Crippen LogP contribution in [0, 0.1) is 5.92 Å². The Bertz CT molecular complexity index is 747. The highest BCUT2D eigenvalue weighted by molar-refractivity contribution is 6.31. The summed E-state index contributed by atoms with van der Waals surface area (Å²) in [5.41, 5.74) is 1.66. The zero-order valence-corrected chi connectivity index (χ0v) is 15.0. The van der Waals surface area contributed by atoms with Crippen molar-refractivity contribution in [2.24, 2.45) is 5.92 Å². The minimum absolute atomic E-state index is 0.0801. The van der Waals surface area contributed by atoms with Crippen molar-refractivity contribution >= 4 is 17.5 Å². The summed E-state index contributed by atoms with van der Waals surface area (Å²) in [5, 5.41) is 5.05. The van der Waals surface area contributed by atoms with E-state index in [0.29, 0.717) is 12.1 Å². The van der Waals surface area contributed by atoms with Crippen molar-refractivity contribution in [2.75, 3.05) is 32.7 Å². The van der Waals surface area contributed by atoms with E-state index in [1.54, 1.807) is 10.9 Å². The lowest BCUT2D eigenvalue weighted by Gasteiger charge is -2.34. The predicted molar refractivity (Wildman–Crippen MR) is 97.8 cm³/mol. The van der Waals surface area contributed by atoms with Crippen LogP contribution in [0.2, 0.25) is 5.02 Å². The van der Waals surface area contributed by atoms with Crippen molar-refractivity contribution < 1.29 is 4.79 Å². The number of benzene rings is 1. The lowest BCUT2D eigenvalue weighted by molar-refractivity contribution is 0.0632. The van der Waals surface area contributed by atoms with Crippen LogP contribution in [0.15, 0.2) is 36.7 Å². The van der Waals surface area contributed by atoms with E-state index in [1.165, 1.54) is 19.4 Å². The number of hydrogen-bond acceptors (Lipinski definition) is 3. The van der Waals surface area contributed by atoms with Crippen molar-refractivity contribution in [3.63, 3.8) is 0 Å². The lowest BCUT2D eigenvalue weighted by atomic mass is 10.2. The Morgan fingerprint density at radius 2 is 1.92 bits per heavy atom. The molecule has 6 heteroatoms. The van der Waals surface area contributed by atoms with E-state index >= 15 is 0 Å². The highest BCUT2D eigenvalue weighted by Crippen LogP contribution is 2.30. The molecule has 5 nitrogen and oxygen atoms in total. The number of carbonyl (C=O) groups excluding carboxylic acids is 1. The Morgan fingerprint density at radius 1 is 1.16 bits per heavy atom. The number of piperazine rings is 1. The Kier molecular flexibility index (Phi) is 4.77. The minimum atomic E-state index is 0.0801. The molecule has 1 aliphatic carbocycles. The fourth-order valence-corrected chi connectivity index (χ4v) is 3.54. The topological polar surface area (TPSA) is 41.4 Å². The van der Waals surface area contributed by atoms with Crippen LogP contribution in [0.1, 0.15) is 28.8 Å². The molecule has 0 radical (unpaired) electrons. The average molecular weight is 359 g/mol. The van der Waals surface area contributed by atoms with Gasteiger partial charge in [-0.05, 0) is 30.4 Å². The largest absolute Gasteiger partial charge is 0.336 e. The number of rotatable bonds is 5. The molecule has 0 unspecified atom stereocenters. The summed E-state index contributed by atoms with van der Waals surface area (Å²) in [6.07, 6.45) is 6.24. The number of aromatic nitrogens is 2. The Morgan fingerprint density at radius 3 is 2.64 bits per heavy atom. The molecule has 0 bridgehead atoms. The van der Waals surface area contributed by atoms with Crippen LogP contribution < -0.4 is 0 Å². The molecule has 2 aliphatic rings. The minimum Gasteiger partial charge on any atom is -0.336 e. The Hall–Kier alpha value is -1.85. The Labute approximate surface area is 153 Å². The van der Waals surface area contributed by atoms with Crippen LogP contribution >= 0.6 is 11.6 Å². The molecule has 25 heavy (non-hydrogen) atoms. The van der Waals surface area contributed by atoms with Gasteiger partial charge >= 0.3 is 0 Å². The fourth-order valence-electron chi connectivity index (χ4n) is 3.34. The van der Waals surface area contributed by atoms with Crippen LogP contribution in [0.25, 0.3) is 0 Å². The fraction of sp³-hybridized carbons (Fsp3) is 0.474. The quantitative estimate of drug-likeness (QED) is 0.825. The summed E-state index contributed by atoms with van der Waals surface area (Å²) in [6, 6.07) is 7.71. The SMILES string of the molecule is O=C(c1cnn(Cc2ccccc2Cl)c1)N1CCN(CC2CC2)CC1. The molecule has 1 saturated carbocycles. The molecule has 1 amide bonds. The smallest absolute Gasteiger partial charge is 0.257 e. The van der Waals surface area contributed by atoms with Gasteiger partial charge < -0.3 is 4.90 Å². The maximum atomic E-state index is 12.7. The molecule has 132 valence electrons. The van der Waals surface area contributed by atoms with Gasteiger partial charge in [0, 0.05) is 43.9 Å². The first kappa shape index (κ1) is 16.6. The van der Waals surface area contributed by atoms with Crippen LogP contribution in [-0.2, 0) is 6.54 Å². The molecule has 0 N–H and O–H groups in total. The maximum absolute atomic E-state index is 12.7. The van der Waals surface area contributed by atoms with Gasteiger partial charge in [-0.1, -0.05) is 29.8 Å². The molecular weight excluding hydrogens is 336 g/mol. The second kappa shape index (κ2) is 7.18. The second-order valence-electron chi connectivity index (χ2n) is 7.05. The normalized spacial score (nSPS) is 18.5. The highest BCUT2D eigenvalue weighted by atomic mass is 35.5. The molecule has 0 spiro atoms. The average Bonchev–Trinajstić information content (AvgIpc) is 3.32. The van der Waals surface area contributed by atoms with Gasteiger partial charge in [0.1, 0.15) is 0 Å². The molecule has 1 aromatic heterocycles. The van der Waals surface area contributed by atoms with E-state index in [-0.39, 0.29) is 5.91 Å². The van der Waals surface area contributed by atoms with Crippen LogP contribution in [0.3, 0.4) is 0 Å². The zero-order chi connectivity index (χ0) is 17.2. The molecule has 1 aromatic carbocycles. The summed E-state index contributed by atoms with van der Waals surface area (Å²) >= 11 is 6.20. The number of carbonyl (C=O) groups is 1. The van der Waals surface area contributed by atoms with E-state index in [9.17, 15) is 4.79 Å². The molecule has 2 fully saturated rings. The van der Waals surface area contributed by atoms with Gasteiger partial charge in [0.2, 0.25) is 0 Å². The standard InChI is InChI=1S/C19H23ClN4O/c20-18-4-2-1-3-16(18)13-24-14-17(11-21-24)19(25)23-9-7-22(8-10-23)12-15-5-6-15/h1-4,11,14-15H,5-10,12-13H2. The third kappa shape index (κ3) is 4.05. The van der Waals surface area contributed by atoms with Crippen molar-refractivity contribution in [1.82, 2.24) is 19.6 Å². The molecule has 0 atom stereocenters. The van der Waals surface area contributed by atoms with E-state index in [2.05, 4.69) is 10.00 Å². The van der Waals surface area contributed by atoms with Crippen molar-refractivity contribution in [3.8, 4) is 0 Å². The molecule has 2 aromatic rings. The first-order valence-electron chi connectivity index (χ1n) is 8.96. The first-order valence-corrected chi connectivity index (χ1v) is 9.34. The lowest BCUT2D eigenvalue weighted by Crippen LogP contribution is -2.49. The van der Waals surface area contributed by atoms with Gasteiger partial charge in [-0.2, -0.15) is 5.10 Å². The summed E-state index contributed by atoms with van der Waals surface area (Å²) in [4.78, 5) is 17.1. The van der Waals surface area contributed by atoms with E-state index in [0.717, 1.165) is 42.7 Å². The number of halogens is 1. The summed E-state index contributed by atoms with van der Waals surface area (Å²) in [5.74, 6) is 0.988. The van der Waals surface area contributed by atoms with E-state index in [4.69, 9.17) is 11.6 Å². The van der Waals surface area contributed by atoms with Gasteiger partial charge in [0.15, 0.2) is 0 Å². The summed E-state index contributed by atoms with van der Waals surface area (Å²) in [6.45, 7) is 5.36. The number of amides is 1. The van der Waals surface area contributed by atoms with E-state index in [1.807, 2.05) is 35.4 Å². The monoisotopic (exact) mass is 358 g/mol. The molecule has 2 heterocycles. The predicted octanol–water partition coefficient (Wildman–Crippen LogP) is 2.75. The Balaban J connectivity index is 1.35. The summed E-state index contributed by atoms with van der Waals surface area (Å²) in [7, 11) is 0. The molecule has 4 rings (SSSR count). The van der Waals surface area contributed by atoms with Gasteiger partial charge in [0.25, 0.3) is 5.91 Å². The summed E-state index contributed by atoms with van der Waals surface area (Å²) < 4.78 is 1.78. The van der Waals surface area contributed by atoms with Crippen LogP contribution in [0.5, 0.6) is 0 Å². The van der Waals surface area contributed by atoms with E-state index < -0.39 is 0 Å². The maximum Gasteiger partial charge on any atom is 0.257 e. The van der Waals surface area contributed by atoms with Crippen molar-refractivity contribution in [2.45, 2.75) is 19.4 Å². The van der Waals surface area contributed by atoms with Crippen molar-refractivity contribution in [1.29, 1.82) is 0 Å². The van der Waals surface area contributed by atoms with Gasteiger partial charge in [0.05, 0.1) is 18.3 Å². The van der Waals surface area contributed by atoms with Crippen LogP contribution in [0.4, 0.5) is 0 Å². The van der Waals surface area contributed by atoms with Gasteiger partial charge in [-0.25, -0.2) is 0 Å². The molecule has 1 saturated heterocycles. The van der Waals surface area contributed by atoms with Gasteiger partial charge in [-0.3, -0.25) is 14.4 Å². The second-order valence-corrected chi connectivity index (χ2v) is 7.46. The first-order chi connectivity index (χ1) is 12.2. The molecular formula is C19H23ClN4O. The zero-order valence-electron chi connectivity index (χ0n) is 14.3. The number of hydrogen-bond donors (Lipinski definition) is 0. The van der Waals surface area contributed by atoms with Gasteiger partial charge in [-0.15, -0.1) is 0 Å². The third-order valence-corrected chi connectivity index (χ3v) is 5.41. The molecule has 1 aliphatic heterocycles. The van der Waals surface area contributed by atoms with Crippen molar-refractivity contribution in [3.05, 3.63) is 52.8 Å². The van der Waals surface area contributed by atoms with Crippen LogP contribution in [-0.4, -0.2) is 58.2 Å². The third-order valence-electron chi connectivity index (χ3n) is 5.04. The highest BCUT2D eigenvalue weighted by Gasteiger charge is 2.28.